The zero-order valence-electron chi connectivity index (χ0n) is 10.3. The van der Waals surface area contributed by atoms with Crippen molar-refractivity contribution in [2.24, 2.45) is 0 Å². The molecule has 0 fully saturated rings. The van der Waals surface area contributed by atoms with E-state index in [1.54, 1.807) is 18.2 Å². The highest BCUT2D eigenvalue weighted by molar-refractivity contribution is 6.36. The van der Waals surface area contributed by atoms with E-state index in [9.17, 15) is 9.59 Å². The van der Waals surface area contributed by atoms with Crippen LogP contribution in [0.4, 0.5) is 5.69 Å². The number of nitrogens with one attached hydrogen (secondary N) is 1. The molecule has 0 aromatic heterocycles. The van der Waals surface area contributed by atoms with Gasteiger partial charge in [0.05, 0.1) is 10.7 Å². The van der Waals surface area contributed by atoms with Gasteiger partial charge in [0.1, 0.15) is 0 Å². The van der Waals surface area contributed by atoms with E-state index in [0.29, 0.717) is 15.7 Å². The monoisotopic (exact) mass is 301 g/mol. The number of esters is 1. The van der Waals surface area contributed by atoms with Crippen molar-refractivity contribution in [1.29, 1.82) is 0 Å². The number of ether oxygens (including phenoxy) is 1. The van der Waals surface area contributed by atoms with E-state index in [-0.39, 0.29) is 6.61 Å². The normalized spacial score (nSPS) is 10.5. The molecule has 0 unspecified atom stereocenters. The summed E-state index contributed by atoms with van der Waals surface area (Å²) in [6, 6.07) is 4.68. The number of carbonyl (C=O) groups excluding carboxylic acids is 2. The second kappa shape index (κ2) is 7.81. The minimum Gasteiger partial charge on any atom is -0.452 e. The van der Waals surface area contributed by atoms with Crippen LogP contribution >= 0.6 is 23.2 Å². The van der Waals surface area contributed by atoms with Crippen LogP contribution in [0.15, 0.2) is 30.4 Å². The Labute approximate surface area is 121 Å². The lowest BCUT2D eigenvalue weighted by molar-refractivity contribution is -0.142. The molecular formula is C13H13Cl2NO3. The number of carbonyl (C=O) groups is 2. The molecule has 0 saturated heterocycles. The molecule has 1 aromatic carbocycles. The third-order valence-electron chi connectivity index (χ3n) is 2.04. The van der Waals surface area contributed by atoms with E-state index in [1.807, 2.05) is 6.92 Å². The van der Waals surface area contributed by atoms with Gasteiger partial charge in [-0.3, -0.25) is 4.79 Å². The Morgan fingerprint density at radius 1 is 1.37 bits per heavy atom. The summed E-state index contributed by atoms with van der Waals surface area (Å²) >= 11 is 11.6. The van der Waals surface area contributed by atoms with Crippen LogP contribution in [0.2, 0.25) is 10.0 Å². The molecule has 0 radical (unpaired) electrons. The first-order valence-corrected chi connectivity index (χ1v) is 6.36. The average Bonchev–Trinajstić information content (AvgIpc) is 2.37. The lowest BCUT2D eigenvalue weighted by Crippen LogP contribution is -2.20. The Bertz CT molecular complexity index is 501. The summed E-state index contributed by atoms with van der Waals surface area (Å²) < 4.78 is 4.73. The van der Waals surface area contributed by atoms with Gasteiger partial charge in [-0.05, 0) is 24.6 Å². The molecule has 0 aliphatic heterocycles. The molecule has 0 atom stereocenters. The maximum absolute atomic E-state index is 11.5. The first-order chi connectivity index (χ1) is 9.02. The van der Waals surface area contributed by atoms with Gasteiger partial charge in [-0.15, -0.1) is 0 Å². The van der Waals surface area contributed by atoms with Crippen molar-refractivity contribution in [3.63, 3.8) is 0 Å². The van der Waals surface area contributed by atoms with E-state index in [2.05, 4.69) is 5.32 Å². The molecule has 0 saturated carbocycles. The maximum atomic E-state index is 11.5. The van der Waals surface area contributed by atoms with Gasteiger partial charge >= 0.3 is 5.97 Å². The van der Waals surface area contributed by atoms with Crippen LogP contribution < -0.4 is 5.32 Å². The molecule has 0 heterocycles. The Morgan fingerprint density at radius 3 is 2.74 bits per heavy atom. The molecule has 6 heteroatoms. The van der Waals surface area contributed by atoms with Gasteiger partial charge in [-0.25, -0.2) is 4.79 Å². The van der Waals surface area contributed by atoms with Crippen molar-refractivity contribution >= 4 is 40.8 Å². The third-order valence-corrected chi connectivity index (χ3v) is 2.59. The molecular weight excluding hydrogens is 289 g/mol. The number of halogens is 2. The molecule has 1 rings (SSSR count). The van der Waals surface area contributed by atoms with Gasteiger partial charge in [0.2, 0.25) is 0 Å². The lowest BCUT2D eigenvalue weighted by Gasteiger charge is -2.07. The minimum atomic E-state index is -0.556. The molecule has 1 aromatic rings. The number of amides is 1. The zero-order valence-corrected chi connectivity index (χ0v) is 11.8. The fourth-order valence-corrected chi connectivity index (χ4v) is 1.63. The molecule has 1 N–H and O–H groups in total. The summed E-state index contributed by atoms with van der Waals surface area (Å²) in [6.07, 6.45) is 3.65. The van der Waals surface area contributed by atoms with Gasteiger partial charge in [0.15, 0.2) is 6.61 Å². The van der Waals surface area contributed by atoms with Crippen LogP contribution in [0, 0.1) is 0 Å². The van der Waals surface area contributed by atoms with E-state index >= 15 is 0 Å². The quantitative estimate of drug-likeness (QED) is 0.669. The van der Waals surface area contributed by atoms with Gasteiger partial charge in [-0.1, -0.05) is 36.2 Å². The van der Waals surface area contributed by atoms with Crippen molar-refractivity contribution < 1.29 is 14.3 Å². The highest BCUT2D eigenvalue weighted by Crippen LogP contribution is 2.25. The van der Waals surface area contributed by atoms with Gasteiger partial charge in [-0.2, -0.15) is 0 Å². The molecule has 19 heavy (non-hydrogen) atoms. The first kappa shape index (κ1) is 15.5. The second-order valence-corrected chi connectivity index (χ2v) is 4.43. The summed E-state index contributed by atoms with van der Waals surface area (Å²) in [4.78, 5) is 22.7. The van der Waals surface area contributed by atoms with E-state index in [1.165, 1.54) is 12.1 Å². The molecule has 0 aliphatic rings. The Kier molecular flexibility index (Phi) is 6.39. The molecule has 0 spiro atoms. The smallest absolute Gasteiger partial charge is 0.330 e. The average molecular weight is 302 g/mol. The number of rotatable bonds is 5. The van der Waals surface area contributed by atoms with Crippen LogP contribution in [0.25, 0.3) is 0 Å². The molecule has 0 aliphatic carbocycles. The van der Waals surface area contributed by atoms with Crippen molar-refractivity contribution in [2.45, 2.75) is 13.3 Å². The number of hydrogen-bond acceptors (Lipinski definition) is 3. The highest BCUT2D eigenvalue weighted by Gasteiger charge is 2.08. The predicted molar refractivity (Wildman–Crippen MR) is 75.5 cm³/mol. The van der Waals surface area contributed by atoms with Crippen LogP contribution in [0.5, 0.6) is 0 Å². The topological polar surface area (TPSA) is 55.4 Å². The largest absolute Gasteiger partial charge is 0.452 e. The summed E-state index contributed by atoms with van der Waals surface area (Å²) in [7, 11) is 0. The SMILES string of the molecule is CC/C=C/C(=O)OCC(=O)Nc1ccc(Cl)cc1Cl. The summed E-state index contributed by atoms with van der Waals surface area (Å²) in [6.45, 7) is 1.52. The second-order valence-electron chi connectivity index (χ2n) is 3.59. The van der Waals surface area contributed by atoms with Crippen LogP contribution in [-0.4, -0.2) is 18.5 Å². The zero-order chi connectivity index (χ0) is 14.3. The fourth-order valence-electron chi connectivity index (χ4n) is 1.18. The standard InChI is InChI=1S/C13H13Cl2NO3/c1-2-3-4-13(18)19-8-12(17)16-11-6-5-9(14)7-10(11)15/h3-7H,2,8H2,1H3,(H,16,17)/b4-3+. The molecule has 1 amide bonds. The van der Waals surface area contributed by atoms with Crippen molar-refractivity contribution in [2.75, 3.05) is 11.9 Å². The van der Waals surface area contributed by atoms with Gasteiger partial charge in [0, 0.05) is 11.1 Å². The third kappa shape index (κ3) is 5.77. The van der Waals surface area contributed by atoms with Gasteiger partial charge in [0.25, 0.3) is 5.91 Å². The number of allylic oxidation sites excluding steroid dienone is 1. The molecule has 0 bridgehead atoms. The van der Waals surface area contributed by atoms with Gasteiger partial charge < -0.3 is 10.1 Å². The summed E-state index contributed by atoms with van der Waals surface area (Å²) in [5.41, 5.74) is 0.413. The maximum Gasteiger partial charge on any atom is 0.330 e. The van der Waals surface area contributed by atoms with Crippen LogP contribution in [0.1, 0.15) is 13.3 Å². The molecule has 4 nitrogen and oxygen atoms in total. The van der Waals surface area contributed by atoms with E-state index < -0.39 is 11.9 Å². The molecule has 102 valence electrons. The van der Waals surface area contributed by atoms with Crippen molar-refractivity contribution in [1.82, 2.24) is 0 Å². The summed E-state index contributed by atoms with van der Waals surface area (Å²) in [5.74, 6) is -1.03. The lowest BCUT2D eigenvalue weighted by atomic mass is 10.3. The Hall–Kier alpha value is -1.52. The van der Waals surface area contributed by atoms with E-state index in [0.717, 1.165) is 6.42 Å². The number of hydrogen-bond donors (Lipinski definition) is 1. The minimum absolute atomic E-state index is 0.318. The summed E-state index contributed by atoms with van der Waals surface area (Å²) in [5, 5.41) is 3.31. The predicted octanol–water partition coefficient (Wildman–Crippen LogP) is 3.44. The fraction of sp³-hybridized carbons (Fsp3) is 0.231. The number of benzene rings is 1. The highest BCUT2D eigenvalue weighted by atomic mass is 35.5. The first-order valence-electron chi connectivity index (χ1n) is 5.61. The van der Waals surface area contributed by atoms with Crippen molar-refractivity contribution in [3.05, 3.63) is 40.4 Å². The van der Waals surface area contributed by atoms with Crippen LogP contribution in [0.3, 0.4) is 0 Å². The van der Waals surface area contributed by atoms with Crippen molar-refractivity contribution in [3.8, 4) is 0 Å². The Balaban J connectivity index is 2.47. The Morgan fingerprint density at radius 2 is 2.11 bits per heavy atom. The van der Waals surface area contributed by atoms with E-state index in [4.69, 9.17) is 27.9 Å². The van der Waals surface area contributed by atoms with Crippen LogP contribution in [-0.2, 0) is 14.3 Å². The number of anilines is 1.